The van der Waals surface area contributed by atoms with Crippen LogP contribution >= 0.6 is 0 Å². The topological polar surface area (TPSA) is 92.2 Å². The lowest BCUT2D eigenvalue weighted by atomic mass is 10.3. The number of amides is 2. The van der Waals surface area contributed by atoms with Gasteiger partial charge in [0.2, 0.25) is 11.8 Å². The van der Waals surface area contributed by atoms with Gasteiger partial charge in [0.1, 0.15) is 6.54 Å². The Balaban J connectivity index is 2.55. The summed E-state index contributed by atoms with van der Waals surface area (Å²) in [4.78, 5) is 25.4. The first-order chi connectivity index (χ1) is 9.96. The van der Waals surface area contributed by atoms with Gasteiger partial charge in [-0.25, -0.2) is 4.68 Å². The number of nitrogens with one attached hydrogen (secondary N) is 2. The van der Waals surface area contributed by atoms with Crippen molar-refractivity contribution in [1.82, 2.24) is 30.5 Å². The lowest BCUT2D eigenvalue weighted by molar-refractivity contribution is -0.136. The van der Waals surface area contributed by atoms with Crippen molar-refractivity contribution in [2.45, 2.75) is 39.9 Å². The normalized spacial score (nSPS) is 10.7. The molecule has 0 aliphatic heterocycles. The molecule has 0 radical (unpaired) electrons. The molecule has 1 aromatic rings. The van der Waals surface area contributed by atoms with Crippen LogP contribution in [0.15, 0.2) is 6.20 Å². The third-order valence-corrected chi connectivity index (χ3v) is 2.76. The molecule has 118 valence electrons. The molecule has 1 rings (SSSR count). The minimum Gasteiger partial charge on any atom is -0.352 e. The van der Waals surface area contributed by atoms with Gasteiger partial charge in [-0.2, -0.15) is 0 Å². The Morgan fingerprint density at radius 2 is 2.14 bits per heavy atom. The highest BCUT2D eigenvalue weighted by atomic mass is 16.2. The summed E-state index contributed by atoms with van der Waals surface area (Å²) in [6, 6.07) is 0.0609. The molecule has 0 aliphatic rings. The minimum absolute atomic E-state index is 0.0609. The second kappa shape index (κ2) is 8.35. The van der Waals surface area contributed by atoms with Crippen molar-refractivity contribution < 1.29 is 9.59 Å². The summed E-state index contributed by atoms with van der Waals surface area (Å²) in [6.45, 7) is 6.83. The van der Waals surface area contributed by atoms with Crippen molar-refractivity contribution in [2.75, 3.05) is 20.1 Å². The Morgan fingerprint density at radius 1 is 1.43 bits per heavy atom. The van der Waals surface area contributed by atoms with Crippen LogP contribution in [0.4, 0.5) is 0 Å². The van der Waals surface area contributed by atoms with E-state index in [2.05, 4.69) is 20.9 Å². The molecule has 0 aliphatic carbocycles. The molecule has 0 atom stereocenters. The summed E-state index contributed by atoms with van der Waals surface area (Å²) in [6.07, 6.45) is 1.72. The van der Waals surface area contributed by atoms with E-state index in [-0.39, 0.29) is 30.9 Å². The highest BCUT2D eigenvalue weighted by Gasteiger charge is 2.17. The molecule has 0 bridgehead atoms. The fourth-order valence-electron chi connectivity index (χ4n) is 1.83. The minimum atomic E-state index is -0.158. The molecule has 0 saturated carbocycles. The molecule has 1 aromatic heterocycles. The predicted octanol–water partition coefficient (Wildman–Crippen LogP) is -0.629. The van der Waals surface area contributed by atoms with E-state index in [1.165, 1.54) is 9.58 Å². The lowest BCUT2D eigenvalue weighted by Gasteiger charge is -2.21. The summed E-state index contributed by atoms with van der Waals surface area (Å²) in [5.41, 5.74) is 0.769. The van der Waals surface area contributed by atoms with E-state index >= 15 is 0 Å². The van der Waals surface area contributed by atoms with Crippen molar-refractivity contribution in [3.05, 3.63) is 11.9 Å². The monoisotopic (exact) mass is 296 g/mol. The Bertz CT molecular complexity index is 471. The standard InChI is InChI=1S/C13H24N6O2/c1-5-18(8-12(20)15-10(2)3)13(21)9-19-7-11(6-14-4)16-17-19/h7,10,14H,5-6,8-9H2,1-4H3,(H,15,20). The molecule has 8 heteroatoms. The molecule has 2 N–H and O–H groups in total. The Kier molecular flexibility index (Phi) is 6.80. The number of likely N-dealkylation sites (N-methyl/N-ethyl adjacent to an activating group) is 1. The first-order valence-electron chi connectivity index (χ1n) is 7.07. The summed E-state index contributed by atoms with van der Waals surface area (Å²) in [5, 5.41) is 13.6. The molecule has 0 saturated heterocycles. The summed E-state index contributed by atoms with van der Waals surface area (Å²) in [5.74, 6) is -0.313. The van der Waals surface area contributed by atoms with Gasteiger partial charge in [0.05, 0.1) is 18.4 Å². The number of hydrogen-bond donors (Lipinski definition) is 2. The van der Waals surface area contributed by atoms with Gasteiger partial charge in [-0.15, -0.1) is 5.10 Å². The molecule has 21 heavy (non-hydrogen) atoms. The Hall–Kier alpha value is -1.96. The molecular weight excluding hydrogens is 272 g/mol. The average molecular weight is 296 g/mol. The van der Waals surface area contributed by atoms with E-state index in [0.717, 1.165) is 5.69 Å². The van der Waals surface area contributed by atoms with Crippen molar-refractivity contribution in [1.29, 1.82) is 0 Å². The molecule has 8 nitrogen and oxygen atoms in total. The number of nitrogens with zero attached hydrogens (tertiary/aromatic N) is 4. The molecule has 0 unspecified atom stereocenters. The molecule has 0 aromatic carbocycles. The van der Waals surface area contributed by atoms with E-state index in [1.807, 2.05) is 27.8 Å². The SMILES string of the molecule is CCN(CC(=O)NC(C)C)C(=O)Cn1cc(CNC)nn1. The van der Waals surface area contributed by atoms with Crippen LogP contribution in [0.3, 0.4) is 0 Å². The highest BCUT2D eigenvalue weighted by molar-refractivity contribution is 5.84. The number of aromatic nitrogens is 3. The van der Waals surface area contributed by atoms with Gasteiger partial charge in [-0.1, -0.05) is 5.21 Å². The van der Waals surface area contributed by atoms with Crippen molar-refractivity contribution in [3.8, 4) is 0 Å². The van der Waals surface area contributed by atoms with Crippen molar-refractivity contribution in [2.24, 2.45) is 0 Å². The zero-order chi connectivity index (χ0) is 15.8. The van der Waals surface area contributed by atoms with E-state index in [0.29, 0.717) is 13.1 Å². The number of carbonyl (C=O) groups excluding carboxylic acids is 2. The van der Waals surface area contributed by atoms with Crippen LogP contribution in [0, 0.1) is 0 Å². The second-order valence-electron chi connectivity index (χ2n) is 5.07. The van der Waals surface area contributed by atoms with Gasteiger partial charge in [0.15, 0.2) is 0 Å². The smallest absolute Gasteiger partial charge is 0.244 e. The predicted molar refractivity (Wildman–Crippen MR) is 78.3 cm³/mol. The third kappa shape index (κ3) is 5.90. The van der Waals surface area contributed by atoms with Crippen LogP contribution in [0.5, 0.6) is 0 Å². The largest absolute Gasteiger partial charge is 0.352 e. The Morgan fingerprint density at radius 3 is 2.71 bits per heavy atom. The van der Waals surface area contributed by atoms with Gasteiger partial charge in [0.25, 0.3) is 0 Å². The van der Waals surface area contributed by atoms with E-state index in [1.54, 1.807) is 6.20 Å². The van der Waals surface area contributed by atoms with Gasteiger partial charge in [-0.3, -0.25) is 9.59 Å². The summed E-state index contributed by atoms with van der Waals surface area (Å²) in [7, 11) is 1.82. The number of carbonyl (C=O) groups is 2. The van der Waals surface area contributed by atoms with E-state index in [4.69, 9.17) is 0 Å². The summed E-state index contributed by atoms with van der Waals surface area (Å²) < 4.78 is 1.48. The van der Waals surface area contributed by atoms with Crippen LogP contribution in [-0.2, 0) is 22.7 Å². The molecular formula is C13H24N6O2. The van der Waals surface area contributed by atoms with Crippen LogP contribution < -0.4 is 10.6 Å². The highest BCUT2D eigenvalue weighted by Crippen LogP contribution is 1.97. The van der Waals surface area contributed by atoms with Crippen LogP contribution in [0.2, 0.25) is 0 Å². The first-order valence-corrected chi connectivity index (χ1v) is 7.07. The lowest BCUT2D eigenvalue weighted by Crippen LogP contribution is -2.43. The van der Waals surface area contributed by atoms with E-state index < -0.39 is 0 Å². The van der Waals surface area contributed by atoms with Crippen LogP contribution in [0.1, 0.15) is 26.5 Å². The number of hydrogen-bond acceptors (Lipinski definition) is 5. The van der Waals surface area contributed by atoms with Crippen LogP contribution in [-0.4, -0.2) is 57.9 Å². The van der Waals surface area contributed by atoms with E-state index in [9.17, 15) is 9.59 Å². The quantitative estimate of drug-likeness (QED) is 0.666. The molecule has 2 amide bonds. The van der Waals surface area contributed by atoms with Crippen molar-refractivity contribution in [3.63, 3.8) is 0 Å². The van der Waals surface area contributed by atoms with Crippen molar-refractivity contribution >= 4 is 11.8 Å². The second-order valence-corrected chi connectivity index (χ2v) is 5.07. The average Bonchev–Trinajstić information content (AvgIpc) is 2.82. The maximum atomic E-state index is 12.2. The number of rotatable bonds is 8. The maximum absolute atomic E-state index is 12.2. The molecule has 0 fully saturated rings. The zero-order valence-corrected chi connectivity index (χ0v) is 13.1. The molecule has 1 heterocycles. The molecule has 0 spiro atoms. The van der Waals surface area contributed by atoms with Crippen LogP contribution in [0.25, 0.3) is 0 Å². The third-order valence-electron chi connectivity index (χ3n) is 2.76. The van der Waals surface area contributed by atoms with Gasteiger partial charge < -0.3 is 15.5 Å². The maximum Gasteiger partial charge on any atom is 0.244 e. The fraction of sp³-hybridized carbons (Fsp3) is 0.692. The van der Waals surface area contributed by atoms with Gasteiger partial charge in [0, 0.05) is 19.1 Å². The first kappa shape index (κ1) is 17.1. The Labute approximate surface area is 124 Å². The van der Waals surface area contributed by atoms with Gasteiger partial charge in [-0.05, 0) is 27.8 Å². The summed E-state index contributed by atoms with van der Waals surface area (Å²) >= 11 is 0. The zero-order valence-electron chi connectivity index (χ0n) is 13.1. The van der Waals surface area contributed by atoms with Gasteiger partial charge >= 0.3 is 0 Å². The fourth-order valence-corrected chi connectivity index (χ4v) is 1.83.